The summed E-state index contributed by atoms with van der Waals surface area (Å²) in [4.78, 5) is 26.1. The van der Waals surface area contributed by atoms with Crippen molar-refractivity contribution in [2.45, 2.75) is 37.8 Å². The SMILES string of the molecule is COc1cc2c(cc1OC)[C@@H](c1cc(OC)c(OC)c(OC)c1)[N@+](C)(CCCOC(=O)/C=C(/Cl)C(=O)OCCC[N@+]1(C)CCc3cc(OC)c(OC)cc3[C@H]1c1cc(OC)c(OC)c(OC)c1)CC2. The molecule has 0 spiro atoms. The zero-order chi connectivity index (χ0) is 50.0. The van der Waals surface area contributed by atoms with Crippen LogP contribution >= 0.6 is 11.6 Å². The van der Waals surface area contributed by atoms with Crippen LogP contribution in [-0.2, 0) is 31.9 Å². The molecule has 0 aliphatic carbocycles. The minimum Gasteiger partial charge on any atom is -0.493 e. The molecule has 6 rings (SSSR count). The molecule has 0 aromatic heterocycles. The van der Waals surface area contributed by atoms with Crippen molar-refractivity contribution in [1.82, 2.24) is 0 Å². The molecule has 0 fully saturated rings. The third kappa shape index (κ3) is 11.0. The molecule has 69 heavy (non-hydrogen) atoms. The molecule has 0 N–H and O–H groups in total. The van der Waals surface area contributed by atoms with Crippen LogP contribution < -0.4 is 47.4 Å². The van der Waals surface area contributed by atoms with E-state index in [2.05, 4.69) is 14.1 Å². The van der Waals surface area contributed by atoms with Gasteiger partial charge in [0.05, 0.1) is 125 Å². The second-order valence-electron chi connectivity index (χ2n) is 17.4. The highest BCUT2D eigenvalue weighted by atomic mass is 35.5. The van der Waals surface area contributed by atoms with Crippen LogP contribution in [0, 0.1) is 0 Å². The summed E-state index contributed by atoms with van der Waals surface area (Å²) in [7, 11) is 20.4. The van der Waals surface area contributed by atoms with E-state index in [-0.39, 0.29) is 30.3 Å². The monoisotopic (exact) mass is 978 g/mol. The molecule has 16 nitrogen and oxygen atoms in total. The van der Waals surface area contributed by atoms with E-state index in [4.69, 9.17) is 68.4 Å². The Labute approximate surface area is 410 Å². The number of nitrogens with zero attached hydrogens (tertiary/aromatic N) is 2. The molecule has 0 saturated heterocycles. The van der Waals surface area contributed by atoms with Gasteiger partial charge in [-0.25, -0.2) is 9.59 Å². The van der Waals surface area contributed by atoms with Gasteiger partial charge in [0, 0.05) is 54.0 Å². The van der Waals surface area contributed by atoms with E-state index in [9.17, 15) is 9.59 Å². The lowest BCUT2D eigenvalue weighted by Crippen LogP contribution is -2.52. The molecule has 0 saturated carbocycles. The minimum atomic E-state index is -0.816. The topological polar surface area (TPSA) is 145 Å². The predicted octanol–water partition coefficient (Wildman–Crippen LogP) is 7.65. The van der Waals surface area contributed by atoms with Crippen molar-refractivity contribution in [2.75, 3.05) is 125 Å². The lowest BCUT2D eigenvalue weighted by molar-refractivity contribution is -0.935. The number of hydrogen-bond acceptors (Lipinski definition) is 14. The molecule has 2 aliphatic rings. The highest BCUT2D eigenvalue weighted by molar-refractivity contribution is 6.42. The molecule has 4 atom stereocenters. The van der Waals surface area contributed by atoms with Gasteiger partial charge >= 0.3 is 11.9 Å². The fourth-order valence-electron chi connectivity index (χ4n) is 10.0. The Hall–Kier alpha value is -6.23. The Kier molecular flexibility index (Phi) is 17.3. The molecule has 374 valence electrons. The minimum absolute atomic E-state index is 0.0674. The number of likely N-dealkylation sites (N-methyl/N-ethyl adjacent to an activating group) is 2. The number of fused-ring (bicyclic) bond motifs is 2. The maximum absolute atomic E-state index is 13.1. The van der Waals surface area contributed by atoms with Gasteiger partial charge in [0.15, 0.2) is 46.0 Å². The molecule has 4 aromatic carbocycles. The zero-order valence-electron chi connectivity index (χ0n) is 41.9. The molecule has 4 aromatic rings. The number of methoxy groups -OCH3 is 10. The van der Waals surface area contributed by atoms with Gasteiger partial charge in [-0.05, 0) is 59.7 Å². The first-order chi connectivity index (χ1) is 33.2. The third-order valence-electron chi connectivity index (χ3n) is 13.5. The van der Waals surface area contributed by atoms with E-state index < -0.39 is 11.9 Å². The maximum Gasteiger partial charge on any atom is 0.350 e. The molecule has 2 heterocycles. The average molecular weight is 980 g/mol. The van der Waals surface area contributed by atoms with Gasteiger partial charge in [0.1, 0.15) is 17.1 Å². The number of quaternary nitrogens is 2. The van der Waals surface area contributed by atoms with Crippen molar-refractivity contribution < 1.29 is 75.4 Å². The van der Waals surface area contributed by atoms with Gasteiger partial charge in [-0.1, -0.05) is 11.6 Å². The van der Waals surface area contributed by atoms with Crippen LogP contribution in [0.3, 0.4) is 0 Å². The van der Waals surface area contributed by atoms with E-state index >= 15 is 0 Å². The molecule has 0 amide bonds. The Morgan fingerprint density at radius 1 is 0.507 bits per heavy atom. The summed E-state index contributed by atoms with van der Waals surface area (Å²) in [5.74, 6) is 4.12. The summed E-state index contributed by atoms with van der Waals surface area (Å²) in [5, 5.41) is -0.373. The van der Waals surface area contributed by atoms with Crippen LogP contribution in [0.1, 0.15) is 58.3 Å². The number of halogens is 1. The lowest BCUT2D eigenvalue weighted by Gasteiger charge is -2.46. The fourth-order valence-corrected chi connectivity index (χ4v) is 10.2. The lowest BCUT2D eigenvalue weighted by atomic mass is 9.85. The number of carbonyl (C=O) groups excluding carboxylic acids is 2. The van der Waals surface area contributed by atoms with Crippen LogP contribution in [0.15, 0.2) is 59.6 Å². The third-order valence-corrected chi connectivity index (χ3v) is 13.7. The summed E-state index contributed by atoms with van der Waals surface area (Å²) in [5.41, 5.74) is 6.29. The van der Waals surface area contributed by atoms with Crippen LogP contribution in [0.5, 0.6) is 57.5 Å². The van der Waals surface area contributed by atoms with Crippen molar-refractivity contribution in [1.29, 1.82) is 0 Å². The van der Waals surface area contributed by atoms with E-state index in [0.717, 1.165) is 65.4 Å². The first kappa shape index (κ1) is 52.1. The quantitative estimate of drug-likeness (QED) is 0.0329. The molecular formula is C52H67ClN2O14+2. The van der Waals surface area contributed by atoms with Gasteiger partial charge in [-0.2, -0.15) is 0 Å². The molecular weight excluding hydrogens is 912 g/mol. The van der Waals surface area contributed by atoms with E-state index in [1.165, 1.54) is 0 Å². The smallest absolute Gasteiger partial charge is 0.350 e. The van der Waals surface area contributed by atoms with E-state index in [1.54, 1.807) is 71.1 Å². The second-order valence-corrected chi connectivity index (χ2v) is 17.8. The Balaban J connectivity index is 1.11. The molecule has 17 heteroatoms. The van der Waals surface area contributed by atoms with Crippen molar-refractivity contribution in [3.63, 3.8) is 0 Å². The predicted molar refractivity (Wildman–Crippen MR) is 259 cm³/mol. The first-order valence-corrected chi connectivity index (χ1v) is 23.1. The molecule has 0 bridgehead atoms. The summed E-state index contributed by atoms with van der Waals surface area (Å²) >= 11 is 6.36. The van der Waals surface area contributed by atoms with Crippen LogP contribution in [-0.4, -0.2) is 145 Å². The zero-order valence-corrected chi connectivity index (χ0v) is 42.7. The largest absolute Gasteiger partial charge is 0.493 e. The van der Waals surface area contributed by atoms with Gasteiger partial charge in [0.2, 0.25) is 11.5 Å². The normalized spacial score (nSPS) is 19.5. The number of benzene rings is 4. The first-order valence-electron chi connectivity index (χ1n) is 22.7. The Morgan fingerprint density at radius 2 is 0.855 bits per heavy atom. The summed E-state index contributed by atoms with van der Waals surface area (Å²) < 4.78 is 69.5. The highest BCUT2D eigenvalue weighted by Gasteiger charge is 2.43. The Bertz CT molecular complexity index is 2460. The summed E-state index contributed by atoms with van der Waals surface area (Å²) in [6, 6.07) is 15.6. The number of esters is 2. The second kappa shape index (κ2) is 22.9. The van der Waals surface area contributed by atoms with Crippen molar-refractivity contribution >= 4 is 23.5 Å². The van der Waals surface area contributed by atoms with E-state index in [0.29, 0.717) is 92.4 Å². The molecule has 0 radical (unpaired) electrons. The van der Waals surface area contributed by atoms with Gasteiger partial charge in [-0.15, -0.1) is 0 Å². The fraction of sp³-hybridized carbons (Fsp3) is 0.462. The van der Waals surface area contributed by atoms with Gasteiger partial charge < -0.3 is 65.8 Å². The average Bonchev–Trinajstić information content (AvgIpc) is 3.36. The van der Waals surface area contributed by atoms with Crippen LogP contribution in [0.25, 0.3) is 0 Å². The van der Waals surface area contributed by atoms with Crippen LogP contribution in [0.4, 0.5) is 0 Å². The van der Waals surface area contributed by atoms with Crippen LogP contribution in [0.2, 0.25) is 0 Å². The number of carbonyl (C=O) groups is 2. The van der Waals surface area contributed by atoms with Gasteiger partial charge in [0.25, 0.3) is 0 Å². The number of rotatable bonds is 22. The Morgan fingerprint density at radius 3 is 1.20 bits per heavy atom. The van der Waals surface area contributed by atoms with E-state index in [1.807, 2.05) is 48.5 Å². The van der Waals surface area contributed by atoms with Crippen molar-refractivity contribution in [2.24, 2.45) is 0 Å². The van der Waals surface area contributed by atoms with Crippen molar-refractivity contribution in [3.05, 3.63) is 93.0 Å². The van der Waals surface area contributed by atoms with Crippen molar-refractivity contribution in [3.8, 4) is 57.5 Å². The molecule has 0 unspecified atom stereocenters. The maximum atomic E-state index is 13.1. The summed E-state index contributed by atoms with van der Waals surface area (Å²) in [6.45, 7) is 2.96. The number of ether oxygens (including phenoxy) is 12. The number of hydrogen-bond donors (Lipinski definition) is 0. The van der Waals surface area contributed by atoms with Gasteiger partial charge in [-0.3, -0.25) is 0 Å². The standard InChI is InChI=1S/C52H67ClN2O14/c1-54(19-15-32-23-39(58-3)41(60-5)29-36(32)48(54)34-25-43(62-7)50(66-11)44(26-34)63-8)17-13-21-68-47(56)31-38(53)52(57)69-22-14-18-55(2)20-16-33-24-40(59-4)42(61-6)30-37(33)49(55)35-27-45(64-9)51(67-12)46(28-35)65-10/h23-31,48-49H,13-22H2,1-12H3/q+2/b38-31+/t48-,49-,54-,55-/m1/s1. The summed E-state index contributed by atoms with van der Waals surface area (Å²) in [6.07, 6.45) is 3.53. The highest BCUT2D eigenvalue weighted by Crippen LogP contribution is 2.50. The molecule has 2 aliphatic heterocycles.